The van der Waals surface area contributed by atoms with Crippen LogP contribution in [0.5, 0.6) is 0 Å². The summed E-state index contributed by atoms with van der Waals surface area (Å²) in [6.07, 6.45) is 3.97. The molecule has 6 nitrogen and oxygen atoms in total. The van der Waals surface area contributed by atoms with Gasteiger partial charge in [-0.25, -0.2) is 4.98 Å². The summed E-state index contributed by atoms with van der Waals surface area (Å²) in [5, 5.41) is 12.1. The Morgan fingerprint density at radius 2 is 2.04 bits per heavy atom. The number of para-hydroxylation sites is 1. The highest BCUT2D eigenvalue weighted by atomic mass is 16.6. The molecule has 118 valence electrons. The molecule has 0 radical (unpaired) electrons. The van der Waals surface area contributed by atoms with Crippen molar-refractivity contribution >= 4 is 16.7 Å². The van der Waals surface area contributed by atoms with E-state index in [0.717, 1.165) is 22.4 Å². The van der Waals surface area contributed by atoms with Crippen LogP contribution in [-0.4, -0.2) is 14.9 Å². The minimum atomic E-state index is -0.400. The zero-order valence-corrected chi connectivity index (χ0v) is 12.6. The van der Waals surface area contributed by atoms with E-state index in [9.17, 15) is 10.1 Å². The summed E-state index contributed by atoms with van der Waals surface area (Å²) in [6.45, 7) is 0. The smallest absolute Gasteiger partial charge is 0.270 e. The summed E-state index contributed by atoms with van der Waals surface area (Å²) < 4.78 is 5.90. The van der Waals surface area contributed by atoms with Gasteiger partial charge in [-0.2, -0.15) is 0 Å². The molecule has 6 heteroatoms. The second kappa shape index (κ2) is 5.66. The Balaban J connectivity index is 1.86. The zero-order valence-electron chi connectivity index (χ0n) is 12.6. The summed E-state index contributed by atoms with van der Waals surface area (Å²) in [6, 6.07) is 14.4. The van der Waals surface area contributed by atoms with Crippen molar-refractivity contribution < 1.29 is 9.34 Å². The van der Waals surface area contributed by atoms with Crippen molar-refractivity contribution in [3.8, 4) is 11.3 Å². The first-order valence-electron chi connectivity index (χ1n) is 7.45. The van der Waals surface area contributed by atoms with Crippen LogP contribution in [0.15, 0.2) is 65.3 Å². The van der Waals surface area contributed by atoms with E-state index in [1.807, 2.05) is 30.3 Å². The van der Waals surface area contributed by atoms with Crippen LogP contribution in [-0.2, 0) is 6.42 Å². The molecule has 0 saturated carbocycles. The van der Waals surface area contributed by atoms with Gasteiger partial charge < -0.3 is 9.40 Å². The van der Waals surface area contributed by atoms with E-state index in [2.05, 4.69) is 9.97 Å². The van der Waals surface area contributed by atoms with Gasteiger partial charge >= 0.3 is 0 Å². The molecule has 0 aliphatic rings. The number of aromatic amines is 1. The molecule has 0 spiro atoms. The van der Waals surface area contributed by atoms with Gasteiger partial charge in [-0.3, -0.25) is 10.1 Å². The van der Waals surface area contributed by atoms with E-state index in [0.29, 0.717) is 17.7 Å². The predicted octanol–water partition coefficient (Wildman–Crippen LogP) is 4.32. The van der Waals surface area contributed by atoms with Gasteiger partial charge in [0, 0.05) is 41.9 Å². The molecule has 2 heterocycles. The van der Waals surface area contributed by atoms with E-state index in [1.54, 1.807) is 24.5 Å². The SMILES string of the molecule is O=[N+]([O-])c1ccc(Cc2ncc[nH]2)c(-c2cc3ccccc3o2)c1. The Hall–Kier alpha value is -3.41. The van der Waals surface area contributed by atoms with Gasteiger partial charge in [0.1, 0.15) is 17.2 Å². The Morgan fingerprint density at radius 1 is 1.17 bits per heavy atom. The number of non-ortho nitro benzene ring substituents is 1. The standard InChI is InChI=1S/C18H13N3O3/c22-21(23)14-6-5-12(10-18-19-7-8-20-18)15(11-14)17-9-13-3-1-2-4-16(13)24-17/h1-9,11H,10H2,(H,19,20). The number of hydrogen-bond acceptors (Lipinski definition) is 4. The number of aromatic nitrogens is 2. The van der Waals surface area contributed by atoms with Gasteiger partial charge in [-0.1, -0.05) is 24.3 Å². The number of furan rings is 1. The molecule has 0 saturated heterocycles. The monoisotopic (exact) mass is 319 g/mol. The molecule has 0 amide bonds. The molecule has 0 unspecified atom stereocenters. The van der Waals surface area contributed by atoms with Crippen molar-refractivity contribution in [2.75, 3.05) is 0 Å². The van der Waals surface area contributed by atoms with Crippen LogP contribution in [0.4, 0.5) is 5.69 Å². The summed E-state index contributed by atoms with van der Waals surface area (Å²) in [7, 11) is 0. The second-order valence-electron chi connectivity index (χ2n) is 5.46. The number of benzene rings is 2. The highest BCUT2D eigenvalue weighted by Crippen LogP contribution is 2.33. The van der Waals surface area contributed by atoms with Gasteiger partial charge in [-0.15, -0.1) is 0 Å². The highest BCUT2D eigenvalue weighted by molar-refractivity contribution is 5.83. The van der Waals surface area contributed by atoms with Gasteiger partial charge in [0.15, 0.2) is 0 Å². The van der Waals surface area contributed by atoms with Crippen LogP contribution in [0.3, 0.4) is 0 Å². The van der Waals surface area contributed by atoms with E-state index < -0.39 is 4.92 Å². The van der Waals surface area contributed by atoms with Crippen LogP contribution >= 0.6 is 0 Å². The maximum Gasteiger partial charge on any atom is 0.270 e. The molecule has 0 bridgehead atoms. The van der Waals surface area contributed by atoms with Crippen LogP contribution in [0.1, 0.15) is 11.4 Å². The number of fused-ring (bicyclic) bond motifs is 1. The lowest BCUT2D eigenvalue weighted by molar-refractivity contribution is -0.384. The summed E-state index contributed by atoms with van der Waals surface area (Å²) in [5.74, 6) is 1.41. The largest absolute Gasteiger partial charge is 0.456 e. The number of nitrogens with one attached hydrogen (secondary N) is 1. The summed E-state index contributed by atoms with van der Waals surface area (Å²) >= 11 is 0. The first kappa shape index (κ1) is 14.2. The molecule has 24 heavy (non-hydrogen) atoms. The van der Waals surface area contributed by atoms with Crippen LogP contribution < -0.4 is 0 Å². The fourth-order valence-corrected chi connectivity index (χ4v) is 2.75. The Morgan fingerprint density at radius 3 is 2.79 bits per heavy atom. The highest BCUT2D eigenvalue weighted by Gasteiger charge is 2.16. The minimum Gasteiger partial charge on any atom is -0.456 e. The molecule has 2 aromatic carbocycles. The number of rotatable bonds is 4. The summed E-state index contributed by atoms with van der Waals surface area (Å²) in [4.78, 5) is 18.0. The topological polar surface area (TPSA) is 85.0 Å². The molecule has 0 fully saturated rings. The number of imidazole rings is 1. The van der Waals surface area contributed by atoms with Crippen molar-refractivity contribution in [1.29, 1.82) is 0 Å². The third kappa shape index (κ3) is 2.54. The lowest BCUT2D eigenvalue weighted by Crippen LogP contribution is -1.96. The molecule has 0 atom stereocenters. The number of nitro groups is 1. The quantitative estimate of drug-likeness (QED) is 0.448. The van der Waals surface area contributed by atoms with Crippen molar-refractivity contribution in [1.82, 2.24) is 9.97 Å². The van der Waals surface area contributed by atoms with E-state index >= 15 is 0 Å². The fraction of sp³-hybridized carbons (Fsp3) is 0.0556. The van der Waals surface area contributed by atoms with E-state index in [4.69, 9.17) is 4.42 Å². The van der Waals surface area contributed by atoms with Gasteiger partial charge in [0.05, 0.1) is 4.92 Å². The van der Waals surface area contributed by atoms with Gasteiger partial charge in [0.25, 0.3) is 5.69 Å². The number of nitro benzene ring substituents is 1. The van der Waals surface area contributed by atoms with Crippen molar-refractivity contribution in [2.24, 2.45) is 0 Å². The Bertz CT molecular complexity index is 986. The van der Waals surface area contributed by atoms with E-state index in [1.165, 1.54) is 6.07 Å². The Labute approximate surface area is 136 Å². The molecule has 0 aliphatic heterocycles. The normalized spacial score (nSPS) is 11.0. The molecule has 1 N–H and O–H groups in total. The minimum absolute atomic E-state index is 0.0358. The van der Waals surface area contributed by atoms with Crippen molar-refractivity contribution in [2.45, 2.75) is 6.42 Å². The molecule has 2 aromatic heterocycles. The second-order valence-corrected chi connectivity index (χ2v) is 5.46. The number of nitrogens with zero attached hydrogens (tertiary/aromatic N) is 2. The maximum absolute atomic E-state index is 11.1. The summed E-state index contributed by atoms with van der Waals surface area (Å²) in [5.41, 5.74) is 2.41. The first-order valence-corrected chi connectivity index (χ1v) is 7.45. The molecule has 4 aromatic rings. The van der Waals surface area contributed by atoms with Crippen molar-refractivity contribution in [3.05, 3.63) is 82.4 Å². The third-order valence-electron chi connectivity index (χ3n) is 3.91. The average molecular weight is 319 g/mol. The van der Waals surface area contributed by atoms with Crippen LogP contribution in [0.25, 0.3) is 22.3 Å². The van der Waals surface area contributed by atoms with Gasteiger partial charge in [-0.05, 0) is 17.7 Å². The van der Waals surface area contributed by atoms with Gasteiger partial charge in [0.2, 0.25) is 0 Å². The van der Waals surface area contributed by atoms with E-state index in [-0.39, 0.29) is 5.69 Å². The molecule has 4 rings (SSSR count). The Kier molecular flexibility index (Phi) is 3.35. The lowest BCUT2D eigenvalue weighted by Gasteiger charge is -2.06. The molecular formula is C18H13N3O3. The fourth-order valence-electron chi connectivity index (χ4n) is 2.75. The first-order chi connectivity index (χ1) is 11.7. The number of hydrogen-bond donors (Lipinski definition) is 1. The zero-order chi connectivity index (χ0) is 16.5. The lowest BCUT2D eigenvalue weighted by atomic mass is 10.0. The molecular weight excluding hydrogens is 306 g/mol. The van der Waals surface area contributed by atoms with Crippen LogP contribution in [0.2, 0.25) is 0 Å². The molecule has 0 aliphatic carbocycles. The van der Waals surface area contributed by atoms with Crippen LogP contribution in [0, 0.1) is 10.1 Å². The third-order valence-corrected chi connectivity index (χ3v) is 3.91. The average Bonchev–Trinajstić information content (AvgIpc) is 3.24. The predicted molar refractivity (Wildman–Crippen MR) is 89.7 cm³/mol. The number of H-pyrrole nitrogens is 1. The maximum atomic E-state index is 11.1. The van der Waals surface area contributed by atoms with Crippen molar-refractivity contribution in [3.63, 3.8) is 0 Å².